The second-order valence-electron chi connectivity index (χ2n) is 6.81. The Bertz CT molecular complexity index is 1050. The van der Waals surface area contributed by atoms with Crippen molar-refractivity contribution in [3.8, 4) is 39.6 Å². The molecule has 0 saturated heterocycles. The highest BCUT2D eigenvalue weighted by atomic mass is 16.5. The van der Waals surface area contributed by atoms with Crippen LogP contribution in [0.15, 0.2) is 54.7 Å². The van der Waals surface area contributed by atoms with Crippen LogP contribution >= 0.6 is 0 Å². The van der Waals surface area contributed by atoms with Crippen molar-refractivity contribution in [2.75, 3.05) is 34.4 Å². The molecular formula is C25H28N2O4. The van der Waals surface area contributed by atoms with E-state index in [4.69, 9.17) is 14.2 Å². The Kier molecular flexibility index (Phi) is 7.13. The smallest absolute Gasteiger partial charge is 0.254 e. The number of nitrogens with zero attached hydrogens (tertiary/aromatic N) is 2. The lowest BCUT2D eigenvalue weighted by Crippen LogP contribution is -2.31. The van der Waals surface area contributed by atoms with E-state index in [2.05, 4.69) is 4.98 Å². The van der Waals surface area contributed by atoms with Crippen molar-refractivity contribution >= 4 is 5.91 Å². The van der Waals surface area contributed by atoms with Crippen LogP contribution in [-0.4, -0.2) is 50.2 Å². The molecule has 1 heterocycles. The lowest BCUT2D eigenvalue weighted by atomic mass is 9.93. The van der Waals surface area contributed by atoms with Gasteiger partial charge in [0, 0.05) is 36.0 Å². The minimum Gasteiger partial charge on any atom is -0.493 e. The van der Waals surface area contributed by atoms with Crippen molar-refractivity contribution in [1.82, 2.24) is 9.88 Å². The van der Waals surface area contributed by atoms with Crippen LogP contribution in [0.3, 0.4) is 0 Å². The second-order valence-corrected chi connectivity index (χ2v) is 6.81. The number of carbonyl (C=O) groups excluding carboxylic acids is 1. The summed E-state index contributed by atoms with van der Waals surface area (Å²) >= 11 is 0. The maximum atomic E-state index is 13.5. The van der Waals surface area contributed by atoms with Gasteiger partial charge in [0.05, 0.1) is 32.6 Å². The minimum absolute atomic E-state index is 0.0589. The van der Waals surface area contributed by atoms with Gasteiger partial charge in [-0.3, -0.25) is 9.78 Å². The first-order valence-electron chi connectivity index (χ1n) is 10.2. The highest BCUT2D eigenvalue weighted by Crippen LogP contribution is 2.47. The van der Waals surface area contributed by atoms with Crippen LogP contribution in [0.25, 0.3) is 22.4 Å². The summed E-state index contributed by atoms with van der Waals surface area (Å²) in [5.41, 5.74) is 3.57. The molecule has 0 radical (unpaired) electrons. The number of rotatable bonds is 8. The molecule has 0 N–H and O–H groups in total. The van der Waals surface area contributed by atoms with Crippen molar-refractivity contribution in [3.63, 3.8) is 0 Å². The zero-order valence-corrected chi connectivity index (χ0v) is 18.6. The molecule has 0 saturated carbocycles. The van der Waals surface area contributed by atoms with Gasteiger partial charge < -0.3 is 19.1 Å². The van der Waals surface area contributed by atoms with E-state index in [1.807, 2.05) is 56.3 Å². The highest BCUT2D eigenvalue weighted by Gasteiger charge is 2.26. The van der Waals surface area contributed by atoms with Crippen LogP contribution in [-0.2, 0) is 0 Å². The number of hydrogen-bond donors (Lipinski definition) is 0. The summed E-state index contributed by atoms with van der Waals surface area (Å²) in [7, 11) is 4.71. The highest BCUT2D eigenvalue weighted by molar-refractivity contribution is 6.05. The Morgan fingerprint density at radius 2 is 1.55 bits per heavy atom. The normalized spacial score (nSPS) is 10.5. The third-order valence-electron chi connectivity index (χ3n) is 5.25. The predicted octanol–water partition coefficient (Wildman–Crippen LogP) is 4.92. The zero-order valence-electron chi connectivity index (χ0n) is 18.6. The summed E-state index contributed by atoms with van der Waals surface area (Å²) in [4.78, 5) is 19.9. The Labute approximate surface area is 183 Å². The van der Waals surface area contributed by atoms with Gasteiger partial charge in [-0.05, 0) is 32.0 Å². The predicted molar refractivity (Wildman–Crippen MR) is 122 cm³/mol. The molecule has 0 unspecified atom stereocenters. The van der Waals surface area contributed by atoms with Crippen LogP contribution in [0.4, 0.5) is 0 Å². The molecule has 3 aromatic rings. The Hall–Kier alpha value is -3.54. The first-order valence-corrected chi connectivity index (χ1v) is 10.2. The van der Waals surface area contributed by atoms with Gasteiger partial charge in [-0.1, -0.05) is 30.3 Å². The van der Waals surface area contributed by atoms with Crippen LogP contribution in [0, 0.1) is 0 Å². The lowest BCUT2D eigenvalue weighted by Gasteiger charge is -2.23. The van der Waals surface area contributed by atoms with Gasteiger partial charge in [0.15, 0.2) is 11.5 Å². The van der Waals surface area contributed by atoms with Gasteiger partial charge in [0.2, 0.25) is 5.75 Å². The van der Waals surface area contributed by atoms with E-state index in [1.54, 1.807) is 38.5 Å². The molecule has 162 valence electrons. The number of amides is 1. The van der Waals surface area contributed by atoms with E-state index in [0.717, 1.165) is 5.56 Å². The summed E-state index contributed by atoms with van der Waals surface area (Å²) in [6, 6.07) is 15.3. The van der Waals surface area contributed by atoms with Gasteiger partial charge in [0.1, 0.15) is 0 Å². The molecule has 2 aromatic carbocycles. The SMILES string of the molecule is CCN(CC)C(=O)c1ccnc(-c2ccccc2)c1-c1ccc(OC)c(OC)c1OC. The van der Waals surface area contributed by atoms with E-state index >= 15 is 0 Å². The van der Waals surface area contributed by atoms with Crippen molar-refractivity contribution in [2.24, 2.45) is 0 Å². The fourth-order valence-corrected chi connectivity index (χ4v) is 3.71. The molecule has 6 nitrogen and oxygen atoms in total. The van der Waals surface area contributed by atoms with Gasteiger partial charge in [-0.2, -0.15) is 0 Å². The van der Waals surface area contributed by atoms with Crippen molar-refractivity contribution in [3.05, 3.63) is 60.3 Å². The standard InChI is InChI=1S/C25H28N2O4/c1-6-27(7-2)25(28)19-15-16-26-22(17-11-9-8-10-12-17)21(19)18-13-14-20(29-3)24(31-5)23(18)30-4/h8-16H,6-7H2,1-5H3. The average molecular weight is 421 g/mol. The fraction of sp³-hybridized carbons (Fsp3) is 0.280. The van der Waals surface area contributed by atoms with Crippen molar-refractivity contribution in [2.45, 2.75) is 13.8 Å². The molecular weight excluding hydrogens is 392 g/mol. The summed E-state index contributed by atoms with van der Waals surface area (Å²) in [5.74, 6) is 1.44. The van der Waals surface area contributed by atoms with Gasteiger partial charge in [0.25, 0.3) is 5.91 Å². The Balaban J connectivity index is 2.38. The van der Waals surface area contributed by atoms with Crippen LogP contribution in [0.1, 0.15) is 24.2 Å². The average Bonchev–Trinajstić information content (AvgIpc) is 2.83. The van der Waals surface area contributed by atoms with Crippen LogP contribution in [0.2, 0.25) is 0 Å². The van der Waals surface area contributed by atoms with E-state index < -0.39 is 0 Å². The molecule has 3 rings (SSSR count). The number of carbonyl (C=O) groups is 1. The number of methoxy groups -OCH3 is 3. The fourth-order valence-electron chi connectivity index (χ4n) is 3.71. The maximum absolute atomic E-state index is 13.5. The number of ether oxygens (including phenoxy) is 3. The van der Waals surface area contributed by atoms with Crippen LogP contribution < -0.4 is 14.2 Å². The van der Waals surface area contributed by atoms with E-state index in [9.17, 15) is 4.79 Å². The number of benzene rings is 2. The lowest BCUT2D eigenvalue weighted by molar-refractivity contribution is 0.0773. The molecule has 0 fully saturated rings. The summed E-state index contributed by atoms with van der Waals surface area (Å²) in [6.45, 7) is 5.16. The quantitative estimate of drug-likeness (QED) is 0.517. The minimum atomic E-state index is -0.0589. The largest absolute Gasteiger partial charge is 0.493 e. The van der Waals surface area contributed by atoms with Crippen molar-refractivity contribution < 1.29 is 19.0 Å². The van der Waals surface area contributed by atoms with Gasteiger partial charge in [-0.15, -0.1) is 0 Å². The number of aromatic nitrogens is 1. The summed E-state index contributed by atoms with van der Waals surface area (Å²) < 4.78 is 16.8. The first kappa shape index (κ1) is 22.2. The van der Waals surface area contributed by atoms with E-state index in [0.29, 0.717) is 52.7 Å². The van der Waals surface area contributed by atoms with Gasteiger partial charge in [-0.25, -0.2) is 0 Å². The van der Waals surface area contributed by atoms with Crippen LogP contribution in [0.5, 0.6) is 17.2 Å². The molecule has 0 bridgehead atoms. The molecule has 1 aromatic heterocycles. The van der Waals surface area contributed by atoms with Crippen molar-refractivity contribution in [1.29, 1.82) is 0 Å². The monoisotopic (exact) mass is 420 g/mol. The zero-order chi connectivity index (χ0) is 22.4. The van der Waals surface area contributed by atoms with E-state index in [-0.39, 0.29) is 5.91 Å². The molecule has 0 aliphatic heterocycles. The third-order valence-corrected chi connectivity index (χ3v) is 5.25. The number of hydrogen-bond acceptors (Lipinski definition) is 5. The maximum Gasteiger partial charge on any atom is 0.254 e. The second kappa shape index (κ2) is 9.98. The molecule has 31 heavy (non-hydrogen) atoms. The third kappa shape index (κ3) is 4.19. The Morgan fingerprint density at radius 1 is 0.871 bits per heavy atom. The topological polar surface area (TPSA) is 60.9 Å². The molecule has 0 aliphatic rings. The van der Waals surface area contributed by atoms with Gasteiger partial charge >= 0.3 is 0 Å². The summed E-state index contributed by atoms with van der Waals surface area (Å²) in [6.07, 6.45) is 1.68. The Morgan fingerprint density at radius 3 is 2.13 bits per heavy atom. The first-order chi connectivity index (χ1) is 15.1. The van der Waals surface area contributed by atoms with E-state index in [1.165, 1.54) is 0 Å². The molecule has 0 spiro atoms. The number of pyridine rings is 1. The summed E-state index contributed by atoms with van der Waals surface area (Å²) in [5, 5.41) is 0. The molecule has 6 heteroatoms. The molecule has 0 atom stereocenters. The molecule has 0 aliphatic carbocycles. The molecule has 1 amide bonds.